The van der Waals surface area contributed by atoms with E-state index in [1.54, 1.807) is 18.2 Å². The monoisotopic (exact) mass is 477 g/mol. The van der Waals surface area contributed by atoms with Gasteiger partial charge in [-0.2, -0.15) is 0 Å². The smallest absolute Gasteiger partial charge is 0.332 e. The number of carboxylic acids is 1. The molecule has 2 heterocycles. The lowest BCUT2D eigenvalue weighted by Gasteiger charge is -2.19. The highest BCUT2D eigenvalue weighted by Gasteiger charge is 2.26. The van der Waals surface area contributed by atoms with Gasteiger partial charge in [0.05, 0.1) is 24.6 Å². The maximum Gasteiger partial charge on any atom is 0.332 e. The van der Waals surface area contributed by atoms with Crippen LogP contribution in [0.3, 0.4) is 0 Å². The number of unbranched alkanes of at least 4 members (excludes halogenated alkanes) is 2. The summed E-state index contributed by atoms with van der Waals surface area (Å²) in [7, 11) is 3.45. The van der Waals surface area contributed by atoms with E-state index in [9.17, 15) is 19.5 Å². The van der Waals surface area contributed by atoms with Gasteiger partial charge in [-0.25, -0.2) is 14.2 Å². The summed E-state index contributed by atoms with van der Waals surface area (Å²) >= 11 is 0. The Morgan fingerprint density at radius 2 is 1.89 bits per heavy atom. The number of ether oxygens (including phenoxy) is 1. The van der Waals surface area contributed by atoms with Crippen LogP contribution in [0.2, 0.25) is 0 Å². The van der Waals surface area contributed by atoms with Gasteiger partial charge in [0.1, 0.15) is 11.8 Å². The number of aliphatic carboxylic acids is 1. The minimum atomic E-state index is -1.24. The van der Waals surface area contributed by atoms with Crippen molar-refractivity contribution in [3.8, 4) is 5.75 Å². The van der Waals surface area contributed by atoms with E-state index in [4.69, 9.17) is 4.74 Å². The molecule has 1 atom stereocenters. The molecule has 4 rings (SSSR count). The first-order valence-electron chi connectivity index (χ1n) is 11.9. The molecule has 0 fully saturated rings. The molecule has 8 nitrogen and oxygen atoms in total. The molecule has 0 aliphatic carbocycles. The number of carboxylic acid groups (broad SMARTS) is 1. The summed E-state index contributed by atoms with van der Waals surface area (Å²) in [6, 6.07) is 9.75. The third kappa shape index (κ3) is 4.36. The fraction of sp³-hybridized carbons (Fsp3) is 0.370. The minimum absolute atomic E-state index is 0.200. The van der Waals surface area contributed by atoms with E-state index in [-0.39, 0.29) is 18.4 Å². The number of hydrogen-bond donors (Lipinski definition) is 1. The summed E-state index contributed by atoms with van der Waals surface area (Å²) in [4.78, 5) is 39.5. The number of benzene rings is 2. The standard InChI is InChI=1S/C27H31N3O5/c1-5-6-7-10-23(26(32)33)30-25(31)20-14-19(35-4)12-13-21(20)29(27(30)34)16-18-15-28(3)22-11-8-9-17(2)24(18)22/h8-9,11-15,23H,5-7,10,16H2,1-4H3,(H,32,33)/t23-/m0/s1. The highest BCUT2D eigenvalue weighted by atomic mass is 16.5. The fourth-order valence-corrected chi connectivity index (χ4v) is 4.90. The van der Waals surface area contributed by atoms with Crippen LogP contribution in [0.4, 0.5) is 0 Å². The van der Waals surface area contributed by atoms with Gasteiger partial charge in [0.15, 0.2) is 0 Å². The predicted octanol–water partition coefficient (Wildman–Crippen LogP) is 4.23. The second kappa shape index (κ2) is 9.82. The second-order valence-electron chi connectivity index (χ2n) is 9.01. The molecule has 0 spiro atoms. The number of aromatic nitrogens is 3. The molecule has 35 heavy (non-hydrogen) atoms. The van der Waals surface area contributed by atoms with Crippen LogP contribution in [0.25, 0.3) is 21.8 Å². The maximum absolute atomic E-state index is 13.8. The third-order valence-corrected chi connectivity index (χ3v) is 6.69. The average Bonchev–Trinajstić information content (AvgIpc) is 3.16. The van der Waals surface area contributed by atoms with Gasteiger partial charge in [0.2, 0.25) is 0 Å². The first kappa shape index (κ1) is 24.3. The van der Waals surface area contributed by atoms with E-state index in [1.165, 1.54) is 11.7 Å². The molecule has 8 heteroatoms. The molecule has 0 aliphatic rings. The Bertz CT molecular complexity index is 1530. The van der Waals surface area contributed by atoms with Gasteiger partial charge in [-0.05, 0) is 48.7 Å². The molecule has 0 radical (unpaired) electrons. The average molecular weight is 478 g/mol. The van der Waals surface area contributed by atoms with Crippen molar-refractivity contribution in [3.05, 3.63) is 74.6 Å². The lowest BCUT2D eigenvalue weighted by atomic mass is 10.1. The van der Waals surface area contributed by atoms with Crippen molar-refractivity contribution in [3.63, 3.8) is 0 Å². The Kier molecular flexibility index (Phi) is 6.82. The zero-order valence-electron chi connectivity index (χ0n) is 20.6. The molecule has 0 amide bonds. The number of fused-ring (bicyclic) bond motifs is 2. The quantitative estimate of drug-likeness (QED) is 0.364. The Hall–Kier alpha value is -3.81. The number of rotatable bonds is 9. The van der Waals surface area contributed by atoms with Crippen molar-refractivity contribution in [2.45, 2.75) is 52.1 Å². The molecule has 1 N–H and O–H groups in total. The molecule has 184 valence electrons. The zero-order chi connectivity index (χ0) is 25.3. The van der Waals surface area contributed by atoms with Gasteiger partial charge in [0.25, 0.3) is 5.56 Å². The molecule has 2 aromatic carbocycles. The Labute approximate surface area is 203 Å². The van der Waals surface area contributed by atoms with Crippen LogP contribution in [0.1, 0.15) is 49.8 Å². The van der Waals surface area contributed by atoms with Crippen molar-refractivity contribution in [2.24, 2.45) is 7.05 Å². The maximum atomic E-state index is 13.8. The molecular weight excluding hydrogens is 446 g/mol. The summed E-state index contributed by atoms with van der Waals surface area (Å²) in [5, 5.41) is 11.3. The molecule has 0 bridgehead atoms. The topological polar surface area (TPSA) is 95.5 Å². The molecular formula is C27H31N3O5. The van der Waals surface area contributed by atoms with Gasteiger partial charge < -0.3 is 14.4 Å². The third-order valence-electron chi connectivity index (χ3n) is 6.69. The van der Waals surface area contributed by atoms with Gasteiger partial charge in [-0.3, -0.25) is 9.36 Å². The normalized spacial score (nSPS) is 12.3. The summed E-state index contributed by atoms with van der Waals surface area (Å²) in [6.07, 6.45) is 4.52. The lowest BCUT2D eigenvalue weighted by Crippen LogP contribution is -2.44. The second-order valence-corrected chi connectivity index (χ2v) is 9.01. The number of aryl methyl sites for hydroxylation is 2. The van der Waals surface area contributed by atoms with Gasteiger partial charge in [-0.15, -0.1) is 0 Å². The van der Waals surface area contributed by atoms with E-state index in [2.05, 4.69) is 0 Å². The summed E-state index contributed by atoms with van der Waals surface area (Å²) in [6.45, 7) is 4.24. The van der Waals surface area contributed by atoms with E-state index in [0.29, 0.717) is 17.7 Å². The van der Waals surface area contributed by atoms with Crippen LogP contribution in [-0.4, -0.2) is 31.9 Å². The lowest BCUT2D eigenvalue weighted by molar-refractivity contribution is -0.141. The summed E-state index contributed by atoms with van der Waals surface area (Å²) in [5.74, 6) is -0.722. The molecule has 0 unspecified atom stereocenters. The van der Waals surface area contributed by atoms with Crippen molar-refractivity contribution in [1.29, 1.82) is 0 Å². The van der Waals surface area contributed by atoms with Crippen LogP contribution in [-0.2, 0) is 18.4 Å². The number of nitrogens with zero attached hydrogens (tertiary/aromatic N) is 3. The Morgan fingerprint density at radius 1 is 1.11 bits per heavy atom. The van der Waals surface area contributed by atoms with Crippen LogP contribution in [0.15, 0.2) is 52.2 Å². The summed E-state index contributed by atoms with van der Waals surface area (Å²) in [5.41, 5.74) is 2.24. The van der Waals surface area contributed by atoms with E-state index in [1.807, 2.05) is 49.9 Å². The highest BCUT2D eigenvalue weighted by Crippen LogP contribution is 2.26. The molecule has 0 aliphatic heterocycles. The molecule has 0 saturated heterocycles. The first-order chi connectivity index (χ1) is 16.8. The van der Waals surface area contributed by atoms with E-state index < -0.39 is 23.3 Å². The fourth-order valence-electron chi connectivity index (χ4n) is 4.90. The predicted molar refractivity (Wildman–Crippen MR) is 137 cm³/mol. The van der Waals surface area contributed by atoms with Gasteiger partial charge >= 0.3 is 11.7 Å². The summed E-state index contributed by atoms with van der Waals surface area (Å²) < 4.78 is 9.74. The zero-order valence-corrected chi connectivity index (χ0v) is 20.6. The molecule has 4 aromatic rings. The van der Waals surface area contributed by atoms with E-state index >= 15 is 0 Å². The van der Waals surface area contributed by atoms with Gasteiger partial charge in [0, 0.05) is 24.1 Å². The van der Waals surface area contributed by atoms with Crippen LogP contribution in [0.5, 0.6) is 5.75 Å². The first-order valence-corrected chi connectivity index (χ1v) is 11.9. The van der Waals surface area contributed by atoms with Crippen molar-refractivity contribution in [1.82, 2.24) is 13.7 Å². The molecule has 2 aromatic heterocycles. The number of carbonyl (C=O) groups is 1. The largest absolute Gasteiger partial charge is 0.497 e. The highest BCUT2D eigenvalue weighted by molar-refractivity contribution is 5.87. The van der Waals surface area contributed by atoms with Crippen molar-refractivity contribution >= 4 is 27.8 Å². The van der Waals surface area contributed by atoms with Crippen molar-refractivity contribution in [2.75, 3.05) is 7.11 Å². The minimum Gasteiger partial charge on any atom is -0.497 e. The number of hydrogen-bond acceptors (Lipinski definition) is 4. The molecule has 0 saturated carbocycles. The Balaban J connectivity index is 1.99. The Morgan fingerprint density at radius 3 is 2.57 bits per heavy atom. The van der Waals surface area contributed by atoms with Crippen molar-refractivity contribution < 1.29 is 14.6 Å². The number of methoxy groups -OCH3 is 1. The van der Waals surface area contributed by atoms with Crippen LogP contribution < -0.4 is 16.0 Å². The SMILES string of the molecule is CCCCC[C@@H](C(=O)O)n1c(=O)c2cc(OC)ccc2n(Cc2cn(C)c3cccc(C)c23)c1=O. The van der Waals surface area contributed by atoms with E-state index in [0.717, 1.165) is 39.4 Å². The van der Waals surface area contributed by atoms with Crippen LogP contribution >= 0.6 is 0 Å². The van der Waals surface area contributed by atoms with Gasteiger partial charge in [-0.1, -0.05) is 38.3 Å². The van der Waals surface area contributed by atoms with Crippen LogP contribution in [0, 0.1) is 6.92 Å².